The second-order valence-electron chi connectivity index (χ2n) is 17.2. The van der Waals surface area contributed by atoms with Crippen molar-refractivity contribution in [2.45, 2.75) is 96.1 Å². The first-order valence-electron chi connectivity index (χ1n) is 19.9. The smallest absolute Gasteiger partial charge is 0.193 e. The van der Waals surface area contributed by atoms with E-state index < -0.39 is 16.9 Å². The number of ether oxygens (including phenoxy) is 2. The summed E-state index contributed by atoms with van der Waals surface area (Å²) in [4.78, 5) is 4.65. The number of nitriles is 2. The summed E-state index contributed by atoms with van der Waals surface area (Å²) in [6.45, 7) is 34.5. The second-order valence-corrected chi connectivity index (χ2v) is 17.2. The molecule has 2 atom stereocenters. The Labute approximate surface area is 338 Å². The van der Waals surface area contributed by atoms with Crippen LogP contribution in [0.5, 0.6) is 34.5 Å². The molecule has 298 valence electrons. The minimum atomic E-state index is -0.716. The van der Waals surface area contributed by atoms with E-state index in [9.17, 15) is 20.7 Å². The van der Waals surface area contributed by atoms with E-state index in [2.05, 4.69) is 76.8 Å². The summed E-state index contributed by atoms with van der Waals surface area (Å²) in [7, 11) is 0. The van der Waals surface area contributed by atoms with Gasteiger partial charge in [-0.05, 0) is 87.6 Å². The third-order valence-electron chi connectivity index (χ3n) is 12.1. The lowest BCUT2D eigenvalue weighted by molar-refractivity contribution is 0.300. The number of benzene rings is 3. The Kier molecular flexibility index (Phi) is 11.3. The molecule has 0 saturated heterocycles. The van der Waals surface area contributed by atoms with E-state index in [1.807, 2.05) is 49.4 Å². The molecule has 0 amide bonds. The average molecular weight is 768 g/mol. The molecule has 3 aromatic carbocycles. The first-order valence-corrected chi connectivity index (χ1v) is 19.9. The molecule has 57 heavy (non-hydrogen) atoms. The number of rotatable bonds is 12. The Morgan fingerprint density at radius 2 is 1.21 bits per heavy atom. The number of nitrogens with two attached hydrogens (primary N) is 1. The van der Waals surface area contributed by atoms with Crippen LogP contribution in [0.25, 0.3) is 0 Å². The Morgan fingerprint density at radius 1 is 0.772 bits per heavy atom. The molecule has 1 spiro atoms. The molecule has 3 aromatic rings. The maximum Gasteiger partial charge on any atom is 0.193 e. The number of fused-ring (bicyclic) bond motifs is 7. The molecule has 0 bridgehead atoms. The van der Waals surface area contributed by atoms with Crippen LogP contribution in [0.4, 0.5) is 0 Å². The van der Waals surface area contributed by atoms with Crippen molar-refractivity contribution in [1.29, 1.82) is 10.5 Å². The summed E-state index contributed by atoms with van der Waals surface area (Å²) < 4.78 is 13.3. The maximum atomic E-state index is 10.9. The van der Waals surface area contributed by atoms with Crippen LogP contribution in [0.1, 0.15) is 116 Å². The van der Waals surface area contributed by atoms with Crippen LogP contribution in [0.3, 0.4) is 0 Å². The minimum absolute atomic E-state index is 0.0872. The molecule has 4 N–H and O–H groups in total. The van der Waals surface area contributed by atoms with Gasteiger partial charge in [0.1, 0.15) is 23.3 Å². The number of aromatic hydroxyl groups is 2. The normalized spacial score (nSPS) is 19.5. The molecule has 4 aliphatic rings. The van der Waals surface area contributed by atoms with Crippen LogP contribution in [-0.2, 0) is 35.8 Å². The topological polar surface area (TPSA) is 139 Å². The molecule has 0 radical (unpaired) electrons. The van der Waals surface area contributed by atoms with Gasteiger partial charge in [0, 0.05) is 50.2 Å². The van der Waals surface area contributed by atoms with Crippen molar-refractivity contribution in [3.8, 4) is 46.6 Å². The Bertz CT molecular complexity index is 2240. The summed E-state index contributed by atoms with van der Waals surface area (Å²) in [6, 6.07) is 8.45. The molecule has 9 heteroatoms. The zero-order chi connectivity index (χ0) is 41.6. The predicted octanol–water partition coefficient (Wildman–Crippen LogP) is 9.36. The molecule has 2 unspecified atom stereocenters. The lowest BCUT2D eigenvalue weighted by Crippen LogP contribution is -2.33. The average Bonchev–Trinajstić information content (AvgIpc) is 3.50. The Balaban J connectivity index is 0.00000177. The predicted molar refractivity (Wildman–Crippen MR) is 226 cm³/mol. The molecule has 3 aliphatic carbocycles. The molecule has 9 nitrogen and oxygen atoms in total. The van der Waals surface area contributed by atoms with Crippen LogP contribution in [-0.4, -0.2) is 52.7 Å². The first-order chi connectivity index (χ1) is 27.1. The van der Waals surface area contributed by atoms with Crippen molar-refractivity contribution in [1.82, 2.24) is 9.80 Å². The highest BCUT2D eigenvalue weighted by Crippen LogP contribution is 2.68. The number of phenolic OH excluding ortho intramolecular Hbond substituents is 2. The van der Waals surface area contributed by atoms with Gasteiger partial charge in [-0.3, -0.25) is 9.80 Å². The maximum absolute atomic E-state index is 10.9. The van der Waals surface area contributed by atoms with Gasteiger partial charge in [-0.15, -0.1) is 26.3 Å². The van der Waals surface area contributed by atoms with E-state index in [-0.39, 0.29) is 33.5 Å². The van der Waals surface area contributed by atoms with Gasteiger partial charge in [0.2, 0.25) is 0 Å². The van der Waals surface area contributed by atoms with Gasteiger partial charge in [-0.1, -0.05) is 71.9 Å². The molecule has 1 aliphatic heterocycles. The number of hydrogen-bond donors (Lipinski definition) is 3. The summed E-state index contributed by atoms with van der Waals surface area (Å²) in [6.07, 6.45) is 10.5. The molecular formula is C48H57N5O4. The lowest BCUT2D eigenvalue weighted by Gasteiger charge is -2.39. The van der Waals surface area contributed by atoms with Crippen LogP contribution < -0.4 is 15.2 Å². The highest BCUT2D eigenvalue weighted by Gasteiger charge is 2.60. The molecule has 7 rings (SSSR count). The van der Waals surface area contributed by atoms with Crippen molar-refractivity contribution < 1.29 is 19.7 Å². The van der Waals surface area contributed by atoms with Crippen LogP contribution in [0, 0.1) is 22.7 Å². The lowest BCUT2D eigenvalue weighted by atomic mass is 9.67. The van der Waals surface area contributed by atoms with Crippen molar-refractivity contribution in [3.05, 3.63) is 118 Å². The molecule has 0 saturated carbocycles. The number of hydrogen-bond acceptors (Lipinski definition) is 9. The zero-order valence-corrected chi connectivity index (χ0v) is 34.5. The summed E-state index contributed by atoms with van der Waals surface area (Å²) in [5, 5.41) is 41.9. The summed E-state index contributed by atoms with van der Waals surface area (Å²) in [5.41, 5.74) is 13.8. The van der Waals surface area contributed by atoms with Gasteiger partial charge in [-0.25, -0.2) is 0 Å². The SMILES string of the molecule is C=CCN(CC=C)Cc1c2c(cc3c1C1(CC3(C)C)CC(C)(C)c3cc4c(c(CN(CC=C)CC=C)c31)C(C)C4)Oc1c(C#N)c(O)c(O)c(C#N)c1O2.CCN. The van der Waals surface area contributed by atoms with E-state index in [4.69, 9.17) is 15.2 Å². The fourth-order valence-corrected chi connectivity index (χ4v) is 10.4. The molecule has 0 fully saturated rings. The highest BCUT2D eigenvalue weighted by atomic mass is 16.6. The standard InChI is InChI=1S/C46H50N4O4.C2H7N/c1-10-14-49(15-11-2)23-31-36-27(5)18-28(36)19-33-37(31)46(25-44(33,6)7)26-45(8,9)34-20-35-41(32(38(34)46)24-50(16-12-3)17-13-4)54-43-30(22-48)40(52)39(51)29(21-47)42(43)53-35;1-2-3/h10-13,19-20,27,51-52H,1-4,14-18,23-26H2,5-9H3;2-3H2,1H3. The van der Waals surface area contributed by atoms with Crippen molar-refractivity contribution in [2.24, 2.45) is 5.73 Å². The quantitative estimate of drug-likeness (QED) is 0.0951. The zero-order valence-electron chi connectivity index (χ0n) is 34.5. The fourth-order valence-electron chi connectivity index (χ4n) is 10.4. The number of nitrogens with zero attached hydrogens (tertiary/aromatic N) is 4. The molecular weight excluding hydrogens is 711 g/mol. The van der Waals surface area contributed by atoms with E-state index in [1.54, 1.807) is 0 Å². The van der Waals surface area contributed by atoms with Crippen LogP contribution in [0.15, 0.2) is 62.8 Å². The molecule has 0 aromatic heterocycles. The third-order valence-corrected chi connectivity index (χ3v) is 12.1. The number of phenols is 2. The van der Waals surface area contributed by atoms with Crippen LogP contribution >= 0.6 is 0 Å². The van der Waals surface area contributed by atoms with E-state index in [1.165, 1.54) is 33.4 Å². The van der Waals surface area contributed by atoms with E-state index >= 15 is 0 Å². The Hall–Kier alpha value is -5.32. The second kappa shape index (κ2) is 15.6. The summed E-state index contributed by atoms with van der Waals surface area (Å²) in [5.74, 6) is -0.326. The fraction of sp³-hybridized carbons (Fsp3) is 0.417. The van der Waals surface area contributed by atoms with Gasteiger partial charge in [0.15, 0.2) is 34.5 Å². The van der Waals surface area contributed by atoms with E-state index in [0.29, 0.717) is 37.1 Å². The van der Waals surface area contributed by atoms with Crippen LogP contribution in [0.2, 0.25) is 0 Å². The Morgan fingerprint density at radius 3 is 1.67 bits per heavy atom. The summed E-state index contributed by atoms with van der Waals surface area (Å²) >= 11 is 0. The molecule has 1 heterocycles. The highest BCUT2D eigenvalue weighted by molar-refractivity contribution is 5.78. The first kappa shape index (κ1) is 41.3. The van der Waals surface area contributed by atoms with E-state index in [0.717, 1.165) is 56.6 Å². The minimum Gasteiger partial charge on any atom is -0.503 e. The van der Waals surface area contributed by atoms with Crippen molar-refractivity contribution in [2.75, 3.05) is 32.7 Å². The van der Waals surface area contributed by atoms with Gasteiger partial charge in [0.25, 0.3) is 0 Å². The van der Waals surface area contributed by atoms with Gasteiger partial charge in [0.05, 0.1) is 0 Å². The van der Waals surface area contributed by atoms with Gasteiger partial charge in [-0.2, -0.15) is 10.5 Å². The van der Waals surface area contributed by atoms with Crippen molar-refractivity contribution in [3.63, 3.8) is 0 Å². The monoisotopic (exact) mass is 767 g/mol. The largest absolute Gasteiger partial charge is 0.503 e. The van der Waals surface area contributed by atoms with Crippen molar-refractivity contribution >= 4 is 0 Å². The van der Waals surface area contributed by atoms with Gasteiger partial charge < -0.3 is 25.4 Å². The third kappa shape index (κ3) is 6.62. The van der Waals surface area contributed by atoms with Gasteiger partial charge >= 0.3 is 0 Å².